The van der Waals surface area contributed by atoms with Gasteiger partial charge < -0.3 is 14.0 Å². The SMILES string of the molecule is O=C1CCC(Cc2ccc(O)c(OS(=O)(=O)O)c2)O1. The number of phenols is 1. The maximum absolute atomic E-state index is 11.0. The highest BCUT2D eigenvalue weighted by atomic mass is 32.3. The van der Waals surface area contributed by atoms with E-state index in [1.807, 2.05) is 0 Å². The number of phenolic OH excluding ortho intramolecular Hbond substituents is 1. The van der Waals surface area contributed by atoms with Crippen LogP contribution in [0.15, 0.2) is 18.2 Å². The molecular weight excluding hydrogens is 276 g/mol. The molecule has 0 radical (unpaired) electrons. The third kappa shape index (κ3) is 3.83. The maximum Gasteiger partial charge on any atom is 0.446 e. The van der Waals surface area contributed by atoms with E-state index in [4.69, 9.17) is 9.29 Å². The number of ether oxygens (including phenoxy) is 1. The van der Waals surface area contributed by atoms with Crippen LogP contribution >= 0.6 is 0 Å². The van der Waals surface area contributed by atoms with E-state index in [0.29, 0.717) is 24.8 Å². The lowest BCUT2D eigenvalue weighted by Crippen LogP contribution is -2.11. The molecule has 1 aromatic carbocycles. The van der Waals surface area contributed by atoms with Crippen molar-refractivity contribution in [1.82, 2.24) is 0 Å². The molecule has 1 fully saturated rings. The van der Waals surface area contributed by atoms with Gasteiger partial charge >= 0.3 is 16.4 Å². The van der Waals surface area contributed by atoms with Crippen molar-refractivity contribution in [2.24, 2.45) is 0 Å². The van der Waals surface area contributed by atoms with E-state index in [1.54, 1.807) is 6.07 Å². The molecule has 2 N–H and O–H groups in total. The molecule has 1 heterocycles. The highest BCUT2D eigenvalue weighted by Gasteiger charge is 2.24. The van der Waals surface area contributed by atoms with Crippen molar-refractivity contribution in [2.45, 2.75) is 25.4 Å². The summed E-state index contributed by atoms with van der Waals surface area (Å²) in [5, 5.41) is 9.42. The monoisotopic (exact) mass is 288 g/mol. The average molecular weight is 288 g/mol. The second-order valence-electron chi connectivity index (χ2n) is 4.17. The molecule has 0 spiro atoms. The average Bonchev–Trinajstić information content (AvgIpc) is 2.67. The summed E-state index contributed by atoms with van der Waals surface area (Å²) in [6, 6.07) is 4.07. The fourth-order valence-corrected chi connectivity index (χ4v) is 2.22. The molecule has 0 amide bonds. The topological polar surface area (TPSA) is 110 Å². The maximum atomic E-state index is 11.0. The smallest absolute Gasteiger partial charge is 0.446 e. The third-order valence-corrected chi connectivity index (χ3v) is 3.04. The summed E-state index contributed by atoms with van der Waals surface area (Å²) in [5.41, 5.74) is 0.621. The molecule has 1 atom stereocenters. The van der Waals surface area contributed by atoms with Crippen LogP contribution in [0.2, 0.25) is 0 Å². The number of benzene rings is 1. The van der Waals surface area contributed by atoms with Gasteiger partial charge in [-0.3, -0.25) is 9.35 Å². The summed E-state index contributed by atoms with van der Waals surface area (Å²) in [7, 11) is -4.70. The Bertz CT molecular complexity index is 593. The second-order valence-corrected chi connectivity index (χ2v) is 5.19. The Morgan fingerprint density at radius 3 is 2.74 bits per heavy atom. The summed E-state index contributed by atoms with van der Waals surface area (Å²) in [6.45, 7) is 0. The van der Waals surface area contributed by atoms with Crippen LogP contribution in [0.5, 0.6) is 11.5 Å². The molecule has 1 saturated heterocycles. The van der Waals surface area contributed by atoms with Crippen molar-refractivity contribution in [1.29, 1.82) is 0 Å². The first-order valence-electron chi connectivity index (χ1n) is 5.52. The van der Waals surface area contributed by atoms with E-state index in [0.717, 1.165) is 0 Å². The first-order valence-corrected chi connectivity index (χ1v) is 6.88. The molecule has 0 saturated carbocycles. The lowest BCUT2D eigenvalue weighted by atomic mass is 10.1. The van der Waals surface area contributed by atoms with Gasteiger partial charge in [0.05, 0.1) is 0 Å². The van der Waals surface area contributed by atoms with Crippen LogP contribution in [0, 0.1) is 0 Å². The molecule has 7 nitrogen and oxygen atoms in total. The zero-order valence-electron chi connectivity index (χ0n) is 9.77. The minimum absolute atomic E-state index is 0.266. The van der Waals surface area contributed by atoms with Crippen LogP contribution in [-0.4, -0.2) is 30.2 Å². The van der Waals surface area contributed by atoms with Gasteiger partial charge in [0.2, 0.25) is 0 Å². The Balaban J connectivity index is 2.14. The summed E-state index contributed by atoms with van der Waals surface area (Å²) >= 11 is 0. The van der Waals surface area contributed by atoms with Gasteiger partial charge in [-0.2, -0.15) is 8.42 Å². The van der Waals surface area contributed by atoms with Crippen LogP contribution in [0.1, 0.15) is 18.4 Å². The second kappa shape index (κ2) is 5.06. The predicted molar refractivity (Wildman–Crippen MR) is 63.1 cm³/mol. The fourth-order valence-electron chi connectivity index (χ4n) is 1.85. The van der Waals surface area contributed by atoms with Gasteiger partial charge in [-0.05, 0) is 24.1 Å². The Morgan fingerprint density at radius 2 is 2.16 bits per heavy atom. The molecule has 1 aliphatic rings. The van der Waals surface area contributed by atoms with E-state index in [-0.39, 0.29) is 17.8 Å². The molecule has 1 aliphatic heterocycles. The number of cyclic esters (lactones) is 1. The van der Waals surface area contributed by atoms with Gasteiger partial charge in [-0.25, -0.2) is 0 Å². The van der Waals surface area contributed by atoms with Gasteiger partial charge in [0.1, 0.15) is 6.10 Å². The number of aromatic hydroxyl groups is 1. The third-order valence-electron chi connectivity index (χ3n) is 2.65. The van der Waals surface area contributed by atoms with Crippen molar-refractivity contribution >= 4 is 16.4 Å². The van der Waals surface area contributed by atoms with Crippen molar-refractivity contribution in [3.63, 3.8) is 0 Å². The normalized spacial score (nSPS) is 19.2. The highest BCUT2D eigenvalue weighted by molar-refractivity contribution is 7.81. The zero-order valence-corrected chi connectivity index (χ0v) is 10.6. The standard InChI is InChI=1S/C11H12O7S/c12-9-3-1-7(5-8-2-4-11(13)17-8)6-10(9)18-19(14,15)16/h1,3,6,8,12H,2,4-5H2,(H,14,15,16). The van der Waals surface area contributed by atoms with Crippen molar-refractivity contribution in [3.8, 4) is 11.5 Å². The molecular formula is C11H12O7S. The van der Waals surface area contributed by atoms with E-state index in [9.17, 15) is 18.3 Å². The zero-order chi connectivity index (χ0) is 14.0. The molecule has 0 aliphatic carbocycles. The lowest BCUT2D eigenvalue weighted by Gasteiger charge is -2.11. The minimum atomic E-state index is -4.70. The molecule has 0 aromatic heterocycles. The lowest BCUT2D eigenvalue weighted by molar-refractivity contribution is -0.141. The van der Waals surface area contributed by atoms with Crippen LogP contribution in [0.25, 0.3) is 0 Å². The van der Waals surface area contributed by atoms with Gasteiger partial charge in [0.15, 0.2) is 11.5 Å². The predicted octanol–water partition coefficient (Wildman–Crippen LogP) is 0.822. The van der Waals surface area contributed by atoms with Crippen molar-refractivity contribution in [2.75, 3.05) is 0 Å². The summed E-state index contributed by atoms with van der Waals surface area (Å²) in [4.78, 5) is 11.0. The number of carbonyl (C=O) groups excluding carboxylic acids is 1. The van der Waals surface area contributed by atoms with E-state index >= 15 is 0 Å². The molecule has 2 rings (SSSR count). The summed E-state index contributed by atoms with van der Waals surface area (Å²) < 4.78 is 39.0. The first-order chi connectivity index (χ1) is 8.83. The molecule has 104 valence electrons. The van der Waals surface area contributed by atoms with Gasteiger partial charge in [-0.15, -0.1) is 0 Å². The Labute approximate surface area is 109 Å². The number of rotatable bonds is 4. The van der Waals surface area contributed by atoms with E-state index < -0.39 is 16.1 Å². The molecule has 1 unspecified atom stereocenters. The van der Waals surface area contributed by atoms with Crippen molar-refractivity contribution < 1.29 is 31.8 Å². The summed E-state index contributed by atoms with van der Waals surface area (Å²) in [6.07, 6.45) is 1.06. The minimum Gasteiger partial charge on any atom is -0.504 e. The Kier molecular flexibility index (Phi) is 3.63. The van der Waals surface area contributed by atoms with Crippen LogP contribution < -0.4 is 4.18 Å². The Hall–Kier alpha value is -1.80. The molecule has 8 heteroatoms. The molecule has 1 aromatic rings. The van der Waals surface area contributed by atoms with E-state index in [2.05, 4.69) is 4.18 Å². The quantitative estimate of drug-likeness (QED) is 0.623. The number of hydrogen-bond donors (Lipinski definition) is 2. The molecule has 19 heavy (non-hydrogen) atoms. The fraction of sp³-hybridized carbons (Fsp3) is 0.364. The van der Waals surface area contributed by atoms with Gasteiger partial charge in [0, 0.05) is 12.8 Å². The number of esters is 1. The Morgan fingerprint density at radius 1 is 1.42 bits per heavy atom. The van der Waals surface area contributed by atoms with Gasteiger partial charge in [0.25, 0.3) is 0 Å². The highest BCUT2D eigenvalue weighted by Crippen LogP contribution is 2.29. The number of carbonyl (C=O) groups is 1. The number of hydrogen-bond acceptors (Lipinski definition) is 6. The molecule has 0 bridgehead atoms. The first kappa shape index (κ1) is 13.6. The summed E-state index contributed by atoms with van der Waals surface area (Å²) in [5.74, 6) is -1.05. The van der Waals surface area contributed by atoms with Crippen LogP contribution in [0.4, 0.5) is 0 Å². The van der Waals surface area contributed by atoms with Crippen LogP contribution in [-0.2, 0) is 26.4 Å². The van der Waals surface area contributed by atoms with Gasteiger partial charge in [-0.1, -0.05) is 6.07 Å². The van der Waals surface area contributed by atoms with E-state index in [1.165, 1.54) is 12.1 Å². The van der Waals surface area contributed by atoms with Crippen LogP contribution in [0.3, 0.4) is 0 Å². The largest absolute Gasteiger partial charge is 0.504 e. The van der Waals surface area contributed by atoms with Crippen molar-refractivity contribution in [3.05, 3.63) is 23.8 Å².